The van der Waals surface area contributed by atoms with Gasteiger partial charge in [-0.25, -0.2) is 0 Å². The number of benzene rings is 2. The molecule has 5 nitrogen and oxygen atoms in total. The molecule has 1 aromatic heterocycles. The van der Waals surface area contributed by atoms with E-state index in [0.717, 1.165) is 0 Å². The Morgan fingerprint density at radius 3 is 2.38 bits per heavy atom. The average molecular weight is 323 g/mol. The van der Waals surface area contributed by atoms with Crippen LogP contribution >= 0.6 is 23.2 Å². The highest BCUT2D eigenvalue weighted by Gasteiger charge is 2.15. The molecule has 0 saturated carbocycles. The van der Waals surface area contributed by atoms with Gasteiger partial charge in [0.15, 0.2) is 0 Å². The van der Waals surface area contributed by atoms with Crippen LogP contribution in [0, 0.1) is 0 Å². The smallest absolute Gasteiger partial charge is 0.262 e. The van der Waals surface area contributed by atoms with Crippen LogP contribution in [0.15, 0.2) is 40.9 Å². The summed E-state index contributed by atoms with van der Waals surface area (Å²) in [6.45, 7) is 0. The van der Waals surface area contributed by atoms with Gasteiger partial charge >= 0.3 is 0 Å². The Bertz CT molecular complexity index is 797. The third kappa shape index (κ3) is 2.79. The van der Waals surface area contributed by atoms with Crippen molar-refractivity contribution < 1.29 is 14.7 Å². The van der Waals surface area contributed by atoms with Crippen molar-refractivity contribution in [3.8, 4) is 34.3 Å². The molecular formula is C14H8Cl2N2O3. The van der Waals surface area contributed by atoms with Crippen LogP contribution in [-0.2, 0) is 0 Å². The molecule has 2 aromatic carbocycles. The van der Waals surface area contributed by atoms with Crippen LogP contribution in [0.1, 0.15) is 0 Å². The zero-order valence-corrected chi connectivity index (χ0v) is 11.9. The van der Waals surface area contributed by atoms with E-state index in [-0.39, 0.29) is 28.8 Å². The number of nitrogens with zero attached hydrogens (tertiary/aromatic N) is 2. The molecule has 0 atom stereocenters. The fraction of sp³-hybridized carbons (Fsp3) is 0. The Morgan fingerprint density at radius 1 is 0.952 bits per heavy atom. The number of aromatic hydroxyl groups is 2. The average Bonchev–Trinajstić information content (AvgIpc) is 2.90. The van der Waals surface area contributed by atoms with Gasteiger partial charge < -0.3 is 14.7 Å². The topological polar surface area (TPSA) is 79.4 Å². The van der Waals surface area contributed by atoms with Crippen LogP contribution in [0.3, 0.4) is 0 Å². The monoisotopic (exact) mass is 322 g/mol. The number of hydrogen-bond acceptors (Lipinski definition) is 5. The molecule has 0 spiro atoms. The van der Waals surface area contributed by atoms with Gasteiger partial charge in [-0.2, -0.15) is 4.98 Å². The molecule has 0 saturated heterocycles. The van der Waals surface area contributed by atoms with Crippen LogP contribution < -0.4 is 0 Å². The summed E-state index contributed by atoms with van der Waals surface area (Å²) < 4.78 is 5.10. The van der Waals surface area contributed by atoms with Gasteiger partial charge in [0.25, 0.3) is 5.89 Å². The first-order chi connectivity index (χ1) is 10.0. The molecule has 0 bridgehead atoms. The number of aromatic nitrogens is 2. The molecule has 0 amide bonds. The predicted octanol–water partition coefficient (Wildman–Crippen LogP) is 4.12. The van der Waals surface area contributed by atoms with Crippen molar-refractivity contribution in [1.29, 1.82) is 0 Å². The highest BCUT2D eigenvalue weighted by Crippen LogP contribution is 2.33. The van der Waals surface area contributed by atoms with Crippen molar-refractivity contribution in [2.45, 2.75) is 0 Å². The summed E-state index contributed by atoms with van der Waals surface area (Å²) >= 11 is 11.9. The van der Waals surface area contributed by atoms with Crippen molar-refractivity contribution in [3.05, 3.63) is 46.4 Å². The van der Waals surface area contributed by atoms with Crippen LogP contribution in [-0.4, -0.2) is 20.4 Å². The van der Waals surface area contributed by atoms with E-state index < -0.39 is 0 Å². The van der Waals surface area contributed by atoms with E-state index in [4.69, 9.17) is 27.7 Å². The molecule has 0 aliphatic heterocycles. The molecule has 21 heavy (non-hydrogen) atoms. The molecule has 106 valence electrons. The second-order valence-electron chi connectivity index (χ2n) is 4.28. The first-order valence-corrected chi connectivity index (χ1v) is 6.61. The molecule has 0 aliphatic carbocycles. The zero-order valence-electron chi connectivity index (χ0n) is 10.4. The second kappa shape index (κ2) is 5.27. The number of rotatable bonds is 2. The standard InChI is InChI=1S/C14H8Cl2N2O3/c15-8-3-7(4-9(16)5-8)13-17-14(21-18-13)11-6-10(19)1-2-12(11)20/h1-6,19-20H. The van der Waals surface area contributed by atoms with E-state index in [0.29, 0.717) is 15.6 Å². The van der Waals surface area contributed by atoms with Crippen molar-refractivity contribution in [3.63, 3.8) is 0 Å². The Balaban J connectivity index is 2.05. The fourth-order valence-electron chi connectivity index (χ4n) is 1.83. The molecule has 3 aromatic rings. The maximum atomic E-state index is 9.78. The third-order valence-corrected chi connectivity index (χ3v) is 3.19. The first-order valence-electron chi connectivity index (χ1n) is 5.85. The second-order valence-corrected chi connectivity index (χ2v) is 5.16. The van der Waals surface area contributed by atoms with Gasteiger partial charge in [-0.15, -0.1) is 0 Å². The van der Waals surface area contributed by atoms with Crippen LogP contribution in [0.4, 0.5) is 0 Å². The van der Waals surface area contributed by atoms with Crippen molar-refractivity contribution in [1.82, 2.24) is 10.1 Å². The maximum Gasteiger partial charge on any atom is 0.262 e. The third-order valence-electron chi connectivity index (χ3n) is 2.76. The van der Waals surface area contributed by atoms with Crippen LogP contribution in [0.2, 0.25) is 10.0 Å². The van der Waals surface area contributed by atoms with E-state index in [2.05, 4.69) is 10.1 Å². The summed E-state index contributed by atoms with van der Waals surface area (Å²) in [7, 11) is 0. The Kier molecular flexibility index (Phi) is 3.45. The lowest BCUT2D eigenvalue weighted by Crippen LogP contribution is -1.82. The summed E-state index contributed by atoms with van der Waals surface area (Å²) in [5.41, 5.74) is 0.823. The summed E-state index contributed by atoms with van der Waals surface area (Å²) in [4.78, 5) is 4.17. The highest BCUT2D eigenvalue weighted by molar-refractivity contribution is 6.35. The van der Waals surface area contributed by atoms with Gasteiger partial charge in [0, 0.05) is 15.6 Å². The van der Waals surface area contributed by atoms with Gasteiger partial charge in [0.1, 0.15) is 11.5 Å². The number of phenols is 2. The normalized spacial score (nSPS) is 10.8. The van der Waals surface area contributed by atoms with E-state index in [1.807, 2.05) is 0 Å². The number of halogens is 2. The molecule has 1 heterocycles. The molecular weight excluding hydrogens is 315 g/mol. The predicted molar refractivity (Wildman–Crippen MR) is 78.5 cm³/mol. The minimum absolute atomic E-state index is 0.0200. The van der Waals surface area contributed by atoms with Crippen molar-refractivity contribution in [2.75, 3.05) is 0 Å². The lowest BCUT2D eigenvalue weighted by atomic mass is 10.2. The molecule has 7 heteroatoms. The zero-order chi connectivity index (χ0) is 15.0. The van der Waals surface area contributed by atoms with E-state index in [1.165, 1.54) is 18.2 Å². The quantitative estimate of drug-likeness (QED) is 0.694. The summed E-state index contributed by atoms with van der Waals surface area (Å²) in [6, 6.07) is 8.90. The van der Waals surface area contributed by atoms with Gasteiger partial charge in [0.05, 0.1) is 5.56 Å². The van der Waals surface area contributed by atoms with E-state index in [1.54, 1.807) is 18.2 Å². The summed E-state index contributed by atoms with van der Waals surface area (Å²) in [5, 5.41) is 24.0. The molecule has 2 N–H and O–H groups in total. The Hall–Kier alpha value is -2.24. The van der Waals surface area contributed by atoms with E-state index >= 15 is 0 Å². The summed E-state index contributed by atoms with van der Waals surface area (Å²) in [6.07, 6.45) is 0. The lowest BCUT2D eigenvalue weighted by molar-refractivity contribution is 0.423. The Labute approximate surface area is 129 Å². The fourth-order valence-corrected chi connectivity index (χ4v) is 2.35. The molecule has 3 rings (SSSR count). The van der Waals surface area contributed by atoms with Gasteiger partial charge in [-0.1, -0.05) is 28.4 Å². The summed E-state index contributed by atoms with van der Waals surface area (Å²) in [5.74, 6) is 0.257. The first kappa shape index (κ1) is 13.7. The highest BCUT2D eigenvalue weighted by atomic mass is 35.5. The molecule has 0 radical (unpaired) electrons. The molecule has 0 aliphatic rings. The largest absolute Gasteiger partial charge is 0.508 e. The van der Waals surface area contributed by atoms with Gasteiger partial charge in [-0.3, -0.25) is 0 Å². The van der Waals surface area contributed by atoms with E-state index in [9.17, 15) is 10.2 Å². The molecule has 0 unspecified atom stereocenters. The van der Waals surface area contributed by atoms with Crippen LogP contribution in [0.25, 0.3) is 22.8 Å². The van der Waals surface area contributed by atoms with Crippen LogP contribution in [0.5, 0.6) is 11.5 Å². The number of hydrogen-bond donors (Lipinski definition) is 2. The Morgan fingerprint density at radius 2 is 1.67 bits per heavy atom. The van der Waals surface area contributed by atoms with Crippen molar-refractivity contribution in [2.24, 2.45) is 0 Å². The minimum Gasteiger partial charge on any atom is -0.508 e. The van der Waals surface area contributed by atoms with Crippen molar-refractivity contribution >= 4 is 23.2 Å². The lowest BCUT2D eigenvalue weighted by Gasteiger charge is -1.99. The molecule has 0 fully saturated rings. The number of phenolic OH excluding ortho intramolecular Hbond substituents is 2. The minimum atomic E-state index is -0.0767. The maximum absolute atomic E-state index is 9.78. The van der Waals surface area contributed by atoms with Gasteiger partial charge in [0.2, 0.25) is 5.82 Å². The van der Waals surface area contributed by atoms with Gasteiger partial charge in [-0.05, 0) is 36.4 Å². The SMILES string of the molecule is Oc1ccc(O)c(-c2nc(-c3cc(Cl)cc(Cl)c3)no2)c1.